The van der Waals surface area contributed by atoms with E-state index >= 15 is 0 Å². The molecular formula is C46H55N7O9. The number of likely N-dealkylation sites (tertiary alicyclic amines) is 2. The normalized spacial score (nSPS) is 21.5. The molecule has 3 amide bonds. The van der Waals surface area contributed by atoms with Gasteiger partial charge in [-0.25, -0.2) is 14.8 Å². The van der Waals surface area contributed by atoms with Crippen molar-refractivity contribution in [3.05, 3.63) is 65.9 Å². The second-order valence-corrected chi connectivity index (χ2v) is 16.9. The van der Waals surface area contributed by atoms with Crippen molar-refractivity contribution >= 4 is 45.7 Å². The number of nitrogens with zero attached hydrogens (tertiary/aromatic N) is 4. The van der Waals surface area contributed by atoms with Gasteiger partial charge in [-0.3, -0.25) is 14.4 Å². The Bertz CT molecular complexity index is 2520. The first-order valence-electron chi connectivity index (χ1n) is 21.2. The lowest BCUT2D eigenvalue weighted by atomic mass is 9.92. The lowest BCUT2D eigenvalue weighted by Gasteiger charge is -2.33. The molecule has 62 heavy (non-hydrogen) atoms. The number of hydrogen-bond donors (Lipinski definition) is 3. The summed E-state index contributed by atoms with van der Waals surface area (Å²) in [5.41, 5.74) is 6.48. The second-order valence-electron chi connectivity index (χ2n) is 16.9. The Morgan fingerprint density at radius 2 is 1.68 bits per heavy atom. The molecule has 0 bridgehead atoms. The van der Waals surface area contributed by atoms with Crippen LogP contribution in [0.15, 0.2) is 48.7 Å². The fraction of sp³-hybridized carbons (Fsp3) is 0.478. The highest BCUT2D eigenvalue weighted by molar-refractivity contribution is 6.07. The molecule has 2 aromatic heterocycles. The summed E-state index contributed by atoms with van der Waals surface area (Å²) >= 11 is 0. The summed E-state index contributed by atoms with van der Waals surface area (Å²) in [6.07, 6.45) is 2.20. The lowest BCUT2D eigenvalue weighted by molar-refractivity contribution is -0.151. The molecule has 0 radical (unpaired) electrons. The van der Waals surface area contributed by atoms with Crippen molar-refractivity contribution < 1.29 is 42.9 Å². The second kappa shape index (κ2) is 17.4. The molecule has 5 heterocycles. The first-order chi connectivity index (χ1) is 29.8. The topological polar surface area (TPSA) is 190 Å². The van der Waals surface area contributed by atoms with Crippen LogP contribution in [0.4, 0.5) is 4.79 Å². The van der Waals surface area contributed by atoms with Gasteiger partial charge in [0, 0.05) is 37.8 Å². The van der Waals surface area contributed by atoms with Gasteiger partial charge in [0.25, 0.3) is 0 Å². The van der Waals surface area contributed by atoms with Crippen LogP contribution in [0.2, 0.25) is 0 Å². The third-order valence-electron chi connectivity index (χ3n) is 13.1. The number of methoxy groups -OCH3 is 4. The Balaban J connectivity index is 1.04. The number of aromatic nitrogens is 4. The van der Waals surface area contributed by atoms with Crippen LogP contribution in [-0.2, 0) is 39.9 Å². The third-order valence-corrected chi connectivity index (χ3v) is 13.1. The van der Waals surface area contributed by atoms with Crippen LogP contribution in [0, 0.1) is 11.8 Å². The SMILES string of the molecule is COC(=O)C[C@H](C(=O)N1C[C@@H](C)C[C@H]1c1nc2c(ccc3cc4c(cc32)OCc2cc(-c3cnc([C@@H]5CC[C@H](C)N5C(=O)[C@@H](NC(=O)OC)[C@@H](C)OC)[nH]3)ccc2-4)[nH]1)[C@@H](C)OC. The average molecular weight is 850 g/mol. The van der Waals surface area contributed by atoms with E-state index in [0.717, 1.165) is 68.3 Å². The van der Waals surface area contributed by atoms with Crippen molar-refractivity contribution in [3.63, 3.8) is 0 Å². The minimum atomic E-state index is -0.928. The third kappa shape index (κ3) is 7.85. The summed E-state index contributed by atoms with van der Waals surface area (Å²) in [5, 5.41) is 4.59. The summed E-state index contributed by atoms with van der Waals surface area (Å²) in [6, 6.07) is 13.0. The number of carbonyl (C=O) groups excluding carboxylic acids is 4. The summed E-state index contributed by atoms with van der Waals surface area (Å²) in [7, 11) is 5.63. The predicted molar refractivity (Wildman–Crippen MR) is 230 cm³/mol. The standard InChI is InChI=1S/C46H55N7O9/c1-23-15-37(52(21-23)44(55)31(25(3)58-5)19-39(54)60-7)43-48-34-13-11-27-17-33-30-12-10-28(16-29(30)22-62-38(33)18-32(27)41(34)50-43)35-20-47-42(49-35)36-14-9-24(2)53(36)45(56)40(26(4)59-6)51-46(57)61-8/h10-13,16-18,20,23-26,31,36-37,40H,9,14-15,19,21-22H2,1-8H3,(H,47,49)(H,48,50)(H,51,57)/t23-,24-,25+,26+,31-,36-,37-,40-/m0/s1. The van der Waals surface area contributed by atoms with Crippen LogP contribution in [0.25, 0.3) is 44.2 Å². The van der Waals surface area contributed by atoms with Gasteiger partial charge < -0.3 is 48.8 Å². The van der Waals surface area contributed by atoms with Crippen molar-refractivity contribution in [3.8, 4) is 28.1 Å². The zero-order valence-corrected chi connectivity index (χ0v) is 36.4. The molecule has 0 aliphatic carbocycles. The van der Waals surface area contributed by atoms with E-state index in [4.69, 9.17) is 33.7 Å². The van der Waals surface area contributed by atoms with Gasteiger partial charge in [0.1, 0.15) is 30.0 Å². The highest BCUT2D eigenvalue weighted by Gasteiger charge is 2.43. The number of carbonyl (C=O) groups is 4. The molecule has 3 aromatic carbocycles. The number of fused-ring (bicyclic) bond motifs is 6. The maximum absolute atomic E-state index is 14.0. The summed E-state index contributed by atoms with van der Waals surface area (Å²) in [5.74, 6) is 0.816. The molecule has 5 aromatic rings. The monoisotopic (exact) mass is 849 g/mol. The smallest absolute Gasteiger partial charge is 0.407 e. The zero-order valence-electron chi connectivity index (χ0n) is 36.4. The Morgan fingerprint density at radius 3 is 2.42 bits per heavy atom. The Morgan fingerprint density at radius 1 is 0.887 bits per heavy atom. The molecule has 3 aliphatic rings. The van der Waals surface area contributed by atoms with Crippen LogP contribution in [0.3, 0.4) is 0 Å². The number of aromatic amines is 2. The molecule has 8 rings (SSSR count). The number of H-pyrrole nitrogens is 2. The number of nitrogens with one attached hydrogen (secondary N) is 3. The van der Waals surface area contributed by atoms with Crippen molar-refractivity contribution in [1.29, 1.82) is 0 Å². The first kappa shape index (κ1) is 42.7. The van der Waals surface area contributed by atoms with Crippen LogP contribution in [0.1, 0.15) is 82.7 Å². The zero-order chi connectivity index (χ0) is 44.0. The number of hydrogen-bond acceptors (Lipinski definition) is 11. The molecule has 2 saturated heterocycles. The largest absolute Gasteiger partial charge is 0.488 e. The fourth-order valence-corrected chi connectivity index (χ4v) is 9.41. The molecule has 328 valence electrons. The maximum atomic E-state index is 14.0. The fourth-order valence-electron chi connectivity index (χ4n) is 9.41. The van der Waals surface area contributed by atoms with Gasteiger partial charge in [0.05, 0.1) is 73.8 Å². The van der Waals surface area contributed by atoms with Gasteiger partial charge in [-0.05, 0) is 92.3 Å². The highest BCUT2D eigenvalue weighted by atomic mass is 16.5. The Hall–Kier alpha value is -6.00. The van der Waals surface area contributed by atoms with E-state index in [9.17, 15) is 19.2 Å². The van der Waals surface area contributed by atoms with Crippen molar-refractivity contribution in [2.24, 2.45) is 11.8 Å². The molecule has 0 spiro atoms. The minimum absolute atomic E-state index is 0.0653. The van der Waals surface area contributed by atoms with Gasteiger partial charge in [0.15, 0.2) is 0 Å². The number of benzene rings is 3. The van der Waals surface area contributed by atoms with Crippen molar-refractivity contribution in [2.45, 2.75) is 96.4 Å². The van der Waals surface area contributed by atoms with E-state index in [2.05, 4.69) is 58.6 Å². The van der Waals surface area contributed by atoms with Crippen LogP contribution >= 0.6 is 0 Å². The molecule has 3 aliphatic heterocycles. The van der Waals surface area contributed by atoms with E-state index in [1.807, 2.05) is 17.9 Å². The van der Waals surface area contributed by atoms with E-state index in [1.54, 1.807) is 32.1 Å². The first-order valence-corrected chi connectivity index (χ1v) is 21.2. The van der Waals surface area contributed by atoms with Gasteiger partial charge in [-0.15, -0.1) is 0 Å². The number of imidazole rings is 2. The van der Waals surface area contributed by atoms with Crippen LogP contribution in [0.5, 0.6) is 5.75 Å². The summed E-state index contributed by atoms with van der Waals surface area (Å²) in [4.78, 5) is 73.0. The predicted octanol–water partition coefficient (Wildman–Crippen LogP) is 6.60. The summed E-state index contributed by atoms with van der Waals surface area (Å²) in [6.45, 7) is 8.57. The van der Waals surface area contributed by atoms with Crippen LogP contribution < -0.4 is 10.1 Å². The number of alkyl carbamates (subject to hydrolysis) is 1. The molecular weight excluding hydrogens is 795 g/mol. The maximum Gasteiger partial charge on any atom is 0.407 e. The van der Waals surface area contributed by atoms with Gasteiger partial charge in [-0.2, -0.15) is 0 Å². The quantitative estimate of drug-likeness (QED) is 0.115. The Labute approximate surface area is 360 Å². The molecule has 0 saturated carbocycles. The Kier molecular flexibility index (Phi) is 12.0. The molecule has 3 N–H and O–H groups in total. The van der Waals surface area contributed by atoms with Crippen LogP contribution in [-0.4, -0.2) is 113 Å². The number of ether oxygens (including phenoxy) is 5. The number of rotatable bonds is 12. The molecule has 2 fully saturated rings. The minimum Gasteiger partial charge on any atom is -0.488 e. The number of amides is 3. The van der Waals surface area contributed by atoms with E-state index in [1.165, 1.54) is 21.3 Å². The van der Waals surface area contributed by atoms with E-state index < -0.39 is 36.2 Å². The molecule has 8 atom stereocenters. The average Bonchev–Trinajstić information content (AvgIpc) is 4.11. The summed E-state index contributed by atoms with van der Waals surface area (Å²) < 4.78 is 27.1. The van der Waals surface area contributed by atoms with Gasteiger partial charge >= 0.3 is 12.1 Å². The highest BCUT2D eigenvalue weighted by Crippen LogP contribution is 2.44. The molecule has 16 heteroatoms. The molecule has 16 nitrogen and oxygen atoms in total. The number of esters is 1. The van der Waals surface area contributed by atoms with Crippen molar-refractivity contribution in [1.82, 2.24) is 35.1 Å². The van der Waals surface area contributed by atoms with E-state index in [0.29, 0.717) is 31.2 Å². The van der Waals surface area contributed by atoms with Crippen molar-refractivity contribution in [2.75, 3.05) is 35.0 Å². The molecule has 0 unspecified atom stereocenters. The van der Waals surface area contributed by atoms with Gasteiger partial charge in [-0.1, -0.05) is 25.1 Å². The van der Waals surface area contributed by atoms with Gasteiger partial charge in [0.2, 0.25) is 11.8 Å². The van der Waals surface area contributed by atoms with E-state index in [-0.39, 0.29) is 42.3 Å². The lowest BCUT2D eigenvalue weighted by Crippen LogP contribution is -2.55.